The fourth-order valence-corrected chi connectivity index (χ4v) is 4.67. The quantitative estimate of drug-likeness (QED) is 0.907. The molecule has 0 heterocycles. The summed E-state index contributed by atoms with van der Waals surface area (Å²) in [7, 11) is -3.73. The van der Waals surface area contributed by atoms with E-state index in [1.165, 1.54) is 6.07 Å². The first-order chi connectivity index (χ1) is 9.41. The Morgan fingerprint density at radius 1 is 1.30 bits per heavy atom. The van der Waals surface area contributed by atoms with Gasteiger partial charge in [0.1, 0.15) is 11.6 Å². The molecule has 1 saturated carbocycles. The van der Waals surface area contributed by atoms with Gasteiger partial charge in [-0.25, -0.2) is 21.9 Å². The van der Waals surface area contributed by atoms with Crippen molar-refractivity contribution in [1.82, 2.24) is 4.72 Å². The summed E-state index contributed by atoms with van der Waals surface area (Å²) < 4.78 is 53.5. The number of halogens is 2. The van der Waals surface area contributed by atoms with Crippen LogP contribution in [0.4, 0.5) is 8.78 Å². The number of rotatable bonds is 5. The van der Waals surface area contributed by atoms with E-state index in [-0.39, 0.29) is 6.04 Å². The van der Waals surface area contributed by atoms with Gasteiger partial charge in [-0.05, 0) is 37.7 Å². The molecule has 20 heavy (non-hydrogen) atoms. The van der Waals surface area contributed by atoms with Crippen LogP contribution >= 0.6 is 11.8 Å². The summed E-state index contributed by atoms with van der Waals surface area (Å²) in [4.78, 5) is 0. The number of hydrogen-bond acceptors (Lipinski definition) is 3. The lowest BCUT2D eigenvalue weighted by Gasteiger charge is -2.14. The Bertz CT molecular complexity index is 557. The van der Waals surface area contributed by atoms with Gasteiger partial charge in [-0.3, -0.25) is 0 Å². The van der Waals surface area contributed by atoms with E-state index in [0.717, 1.165) is 31.4 Å². The van der Waals surface area contributed by atoms with Crippen molar-refractivity contribution in [3.05, 3.63) is 35.4 Å². The van der Waals surface area contributed by atoms with Crippen molar-refractivity contribution in [2.45, 2.75) is 36.3 Å². The van der Waals surface area contributed by atoms with Crippen LogP contribution < -0.4 is 4.72 Å². The van der Waals surface area contributed by atoms with Gasteiger partial charge in [0.05, 0.1) is 5.75 Å². The van der Waals surface area contributed by atoms with E-state index in [9.17, 15) is 17.2 Å². The third kappa shape index (κ3) is 3.93. The monoisotopic (exact) mass is 321 g/mol. The molecule has 2 unspecified atom stereocenters. The van der Waals surface area contributed by atoms with Crippen molar-refractivity contribution in [1.29, 1.82) is 0 Å². The molecule has 0 saturated heterocycles. The molecule has 0 aliphatic heterocycles. The largest absolute Gasteiger partial charge is 0.216 e. The second kappa shape index (κ2) is 6.41. The highest BCUT2D eigenvalue weighted by molar-refractivity contribution is 7.99. The average Bonchev–Trinajstić information content (AvgIpc) is 2.81. The molecule has 3 nitrogen and oxygen atoms in total. The maximum Gasteiger partial charge on any atom is 0.216 e. The molecule has 0 aromatic heterocycles. The Kier molecular flexibility index (Phi) is 5.04. The van der Waals surface area contributed by atoms with E-state index in [1.54, 1.807) is 11.8 Å². The maximum absolute atomic E-state index is 13.5. The van der Waals surface area contributed by atoms with Crippen LogP contribution in [0.25, 0.3) is 0 Å². The summed E-state index contributed by atoms with van der Waals surface area (Å²) in [5.41, 5.74) is -0.403. The standard InChI is InChI=1S/C13H17F2NO2S2/c1-19-10-6-5-9(7-10)16-20(17,18)8-11-12(14)3-2-4-13(11)15/h2-4,9-10,16H,5-8H2,1H3. The Morgan fingerprint density at radius 3 is 2.50 bits per heavy atom. The van der Waals surface area contributed by atoms with Crippen LogP contribution in [0.15, 0.2) is 18.2 Å². The highest BCUT2D eigenvalue weighted by Crippen LogP contribution is 2.28. The lowest BCUT2D eigenvalue weighted by molar-refractivity contribution is 0.537. The molecule has 0 bridgehead atoms. The molecule has 1 fully saturated rings. The molecule has 2 rings (SSSR count). The average molecular weight is 321 g/mol. The molecule has 1 aliphatic carbocycles. The van der Waals surface area contributed by atoms with Crippen LogP contribution in [0.2, 0.25) is 0 Å². The van der Waals surface area contributed by atoms with E-state index < -0.39 is 33.0 Å². The molecule has 0 spiro atoms. The van der Waals surface area contributed by atoms with E-state index in [1.807, 2.05) is 6.26 Å². The summed E-state index contributed by atoms with van der Waals surface area (Å²) in [6, 6.07) is 3.21. The molecule has 2 atom stereocenters. The second-order valence-corrected chi connectivity index (χ2v) is 7.84. The third-order valence-corrected chi connectivity index (χ3v) is 5.92. The van der Waals surface area contributed by atoms with Crippen molar-refractivity contribution >= 4 is 21.8 Å². The van der Waals surface area contributed by atoms with E-state index in [2.05, 4.69) is 4.72 Å². The van der Waals surface area contributed by atoms with Crippen LogP contribution in [-0.4, -0.2) is 26.0 Å². The number of sulfonamides is 1. The van der Waals surface area contributed by atoms with Gasteiger partial charge in [0.2, 0.25) is 10.0 Å². The van der Waals surface area contributed by atoms with E-state index >= 15 is 0 Å². The Morgan fingerprint density at radius 2 is 1.95 bits per heavy atom. The van der Waals surface area contributed by atoms with Gasteiger partial charge in [0.15, 0.2) is 0 Å². The molecular formula is C13H17F2NO2S2. The molecule has 0 radical (unpaired) electrons. The van der Waals surface area contributed by atoms with Gasteiger partial charge in [-0.15, -0.1) is 0 Å². The molecular weight excluding hydrogens is 304 g/mol. The SMILES string of the molecule is CSC1CCC(NS(=O)(=O)Cc2c(F)cccc2F)C1. The maximum atomic E-state index is 13.5. The van der Waals surface area contributed by atoms with Crippen molar-refractivity contribution in [3.8, 4) is 0 Å². The van der Waals surface area contributed by atoms with Crippen LogP contribution in [0, 0.1) is 11.6 Å². The molecule has 7 heteroatoms. The summed E-state index contributed by atoms with van der Waals surface area (Å²) in [5.74, 6) is -2.32. The molecule has 0 amide bonds. The summed E-state index contributed by atoms with van der Waals surface area (Å²) in [6.45, 7) is 0. The smallest absolute Gasteiger partial charge is 0.212 e. The van der Waals surface area contributed by atoms with Gasteiger partial charge in [-0.2, -0.15) is 11.8 Å². The van der Waals surface area contributed by atoms with Gasteiger partial charge < -0.3 is 0 Å². The minimum Gasteiger partial charge on any atom is -0.212 e. The topological polar surface area (TPSA) is 46.2 Å². The second-order valence-electron chi connectivity index (χ2n) is 4.94. The van der Waals surface area contributed by atoms with E-state index in [4.69, 9.17) is 0 Å². The number of benzene rings is 1. The van der Waals surface area contributed by atoms with Gasteiger partial charge in [-0.1, -0.05) is 6.07 Å². The van der Waals surface area contributed by atoms with Crippen molar-refractivity contribution in [2.75, 3.05) is 6.26 Å². The fraction of sp³-hybridized carbons (Fsp3) is 0.538. The Hall–Kier alpha value is -0.660. The minimum atomic E-state index is -3.73. The van der Waals surface area contributed by atoms with Gasteiger partial charge in [0.25, 0.3) is 0 Å². The van der Waals surface area contributed by atoms with Crippen LogP contribution in [0.1, 0.15) is 24.8 Å². The first kappa shape index (κ1) is 15.7. The van der Waals surface area contributed by atoms with Crippen molar-refractivity contribution in [3.63, 3.8) is 0 Å². The number of thioether (sulfide) groups is 1. The summed E-state index contributed by atoms with van der Waals surface area (Å²) >= 11 is 1.72. The van der Waals surface area contributed by atoms with Crippen LogP contribution in [-0.2, 0) is 15.8 Å². The van der Waals surface area contributed by atoms with Crippen LogP contribution in [0.5, 0.6) is 0 Å². The Labute approximate surface area is 122 Å². The summed E-state index contributed by atoms with van der Waals surface area (Å²) in [5, 5.41) is 0.452. The zero-order chi connectivity index (χ0) is 14.8. The highest BCUT2D eigenvalue weighted by Gasteiger charge is 2.28. The van der Waals surface area contributed by atoms with Crippen LogP contribution in [0.3, 0.4) is 0 Å². The third-order valence-electron chi connectivity index (χ3n) is 3.46. The minimum absolute atomic E-state index is 0.132. The summed E-state index contributed by atoms with van der Waals surface area (Å²) in [6.07, 6.45) is 4.49. The van der Waals surface area contributed by atoms with Gasteiger partial charge in [0, 0.05) is 16.9 Å². The zero-order valence-electron chi connectivity index (χ0n) is 11.1. The lowest BCUT2D eigenvalue weighted by Crippen LogP contribution is -2.34. The predicted molar refractivity (Wildman–Crippen MR) is 77.1 cm³/mol. The predicted octanol–water partition coefficient (Wildman–Crippen LogP) is 2.67. The molecule has 1 N–H and O–H groups in total. The highest BCUT2D eigenvalue weighted by atomic mass is 32.2. The molecule has 1 aromatic rings. The molecule has 1 aromatic carbocycles. The Balaban J connectivity index is 2.05. The number of nitrogens with one attached hydrogen (secondary N) is 1. The first-order valence-corrected chi connectivity index (χ1v) is 9.31. The lowest BCUT2D eigenvalue weighted by atomic mass is 10.2. The van der Waals surface area contributed by atoms with Crippen molar-refractivity contribution < 1.29 is 17.2 Å². The zero-order valence-corrected chi connectivity index (χ0v) is 12.7. The normalized spacial score (nSPS) is 23.1. The van der Waals surface area contributed by atoms with E-state index in [0.29, 0.717) is 5.25 Å². The first-order valence-electron chi connectivity index (χ1n) is 6.37. The fourth-order valence-electron chi connectivity index (χ4n) is 2.42. The number of hydrogen-bond donors (Lipinski definition) is 1. The van der Waals surface area contributed by atoms with Gasteiger partial charge >= 0.3 is 0 Å². The molecule has 112 valence electrons. The molecule has 1 aliphatic rings. The van der Waals surface area contributed by atoms with Crippen molar-refractivity contribution in [2.24, 2.45) is 0 Å².